The highest BCUT2D eigenvalue weighted by Gasteiger charge is 2.29. The topological polar surface area (TPSA) is 76.3 Å². The highest BCUT2D eigenvalue weighted by atomic mass is 16.5. The fourth-order valence-electron chi connectivity index (χ4n) is 2.07. The van der Waals surface area contributed by atoms with Gasteiger partial charge in [-0.3, -0.25) is 4.90 Å². The second-order valence-corrected chi connectivity index (χ2v) is 5.73. The highest BCUT2D eigenvalue weighted by Crippen LogP contribution is 2.28. The van der Waals surface area contributed by atoms with Crippen LogP contribution in [0.3, 0.4) is 0 Å². The molecule has 1 heterocycles. The van der Waals surface area contributed by atoms with E-state index in [4.69, 9.17) is 10.5 Å². The molecule has 6 heteroatoms. The first-order chi connectivity index (χ1) is 9.49. The molecule has 1 unspecified atom stereocenters. The molecule has 3 N–H and O–H groups in total. The number of nitrogens with one attached hydrogen (secondary N) is 1. The number of hydrogen-bond donors (Lipinski definition) is 2. The fraction of sp³-hybridized carbons (Fsp3) is 0.714. The lowest BCUT2D eigenvalue weighted by atomic mass is 10.3. The molecule has 1 aromatic heterocycles. The predicted molar refractivity (Wildman–Crippen MR) is 80.9 cm³/mol. The number of anilines is 2. The molecule has 0 aliphatic heterocycles. The molecule has 0 saturated heterocycles. The Labute approximate surface area is 120 Å². The van der Waals surface area contributed by atoms with Gasteiger partial charge in [0.05, 0.1) is 6.10 Å². The van der Waals surface area contributed by atoms with Crippen molar-refractivity contribution in [1.82, 2.24) is 14.9 Å². The van der Waals surface area contributed by atoms with Gasteiger partial charge in [0.1, 0.15) is 12.0 Å². The highest BCUT2D eigenvalue weighted by molar-refractivity contribution is 5.66. The number of rotatable bonds is 7. The second-order valence-electron chi connectivity index (χ2n) is 5.73. The first kappa shape index (κ1) is 14.8. The van der Waals surface area contributed by atoms with E-state index in [0.717, 1.165) is 12.6 Å². The Kier molecular flexibility index (Phi) is 4.65. The van der Waals surface area contributed by atoms with Gasteiger partial charge in [0.15, 0.2) is 5.82 Å². The lowest BCUT2D eigenvalue weighted by Crippen LogP contribution is -2.36. The van der Waals surface area contributed by atoms with Gasteiger partial charge >= 0.3 is 0 Å². The van der Waals surface area contributed by atoms with Gasteiger partial charge in [0, 0.05) is 18.6 Å². The summed E-state index contributed by atoms with van der Waals surface area (Å²) in [6.07, 6.45) is 4.14. The van der Waals surface area contributed by atoms with Gasteiger partial charge in [0.2, 0.25) is 5.88 Å². The zero-order valence-electron chi connectivity index (χ0n) is 12.8. The van der Waals surface area contributed by atoms with Crippen molar-refractivity contribution in [1.29, 1.82) is 0 Å². The Morgan fingerprint density at radius 2 is 2.10 bits per heavy atom. The summed E-state index contributed by atoms with van der Waals surface area (Å²) in [4.78, 5) is 10.7. The van der Waals surface area contributed by atoms with Crippen LogP contribution in [-0.2, 0) is 0 Å². The molecule has 0 spiro atoms. The van der Waals surface area contributed by atoms with Crippen LogP contribution in [-0.4, -0.2) is 46.6 Å². The van der Waals surface area contributed by atoms with Crippen LogP contribution >= 0.6 is 0 Å². The molecule has 0 amide bonds. The molecule has 20 heavy (non-hydrogen) atoms. The number of nitrogen functional groups attached to an aromatic ring is 1. The molecule has 2 rings (SSSR count). The van der Waals surface area contributed by atoms with E-state index in [9.17, 15) is 0 Å². The lowest BCUT2D eigenvalue weighted by Gasteiger charge is -2.25. The minimum Gasteiger partial charge on any atom is -0.473 e. The quantitative estimate of drug-likeness (QED) is 0.792. The normalized spacial score (nSPS) is 16.5. The van der Waals surface area contributed by atoms with Crippen molar-refractivity contribution in [3.63, 3.8) is 0 Å². The van der Waals surface area contributed by atoms with Crippen molar-refractivity contribution in [2.24, 2.45) is 0 Å². The molecule has 112 valence electrons. The Balaban J connectivity index is 1.94. The zero-order valence-corrected chi connectivity index (χ0v) is 12.8. The SMILES string of the molecule is CC(C)Oc1ncnc(NCC(C)N(C)C2CC2)c1N. The molecule has 0 bridgehead atoms. The van der Waals surface area contributed by atoms with Crippen LogP contribution in [0.15, 0.2) is 6.33 Å². The summed E-state index contributed by atoms with van der Waals surface area (Å²) in [5.74, 6) is 1.09. The van der Waals surface area contributed by atoms with Crippen molar-refractivity contribution >= 4 is 11.5 Å². The number of hydrogen-bond acceptors (Lipinski definition) is 6. The standard InChI is InChI=1S/C14H25N5O/c1-9(2)20-14-12(15)13(17-8-18-14)16-7-10(3)19(4)11-5-6-11/h8-11H,5-7,15H2,1-4H3,(H,16,17,18). The monoisotopic (exact) mass is 279 g/mol. The molecular formula is C14H25N5O. The summed E-state index contributed by atoms with van der Waals surface area (Å²) in [6.45, 7) is 6.90. The third-order valence-corrected chi connectivity index (χ3v) is 3.58. The Bertz CT molecular complexity index is 447. The molecule has 1 aliphatic rings. The van der Waals surface area contributed by atoms with Crippen LogP contribution in [0.2, 0.25) is 0 Å². The maximum absolute atomic E-state index is 6.04. The molecule has 1 fully saturated rings. The van der Waals surface area contributed by atoms with Gasteiger partial charge in [-0.05, 0) is 40.7 Å². The summed E-state index contributed by atoms with van der Waals surface area (Å²) >= 11 is 0. The number of likely N-dealkylation sites (N-methyl/N-ethyl adjacent to an activating group) is 1. The van der Waals surface area contributed by atoms with Gasteiger partial charge in [-0.1, -0.05) is 0 Å². The number of ether oxygens (including phenoxy) is 1. The first-order valence-electron chi connectivity index (χ1n) is 7.22. The third kappa shape index (κ3) is 3.72. The Morgan fingerprint density at radius 3 is 2.70 bits per heavy atom. The summed E-state index contributed by atoms with van der Waals surface area (Å²) in [5, 5.41) is 3.29. The van der Waals surface area contributed by atoms with E-state index in [1.165, 1.54) is 19.2 Å². The molecule has 1 aliphatic carbocycles. The van der Waals surface area contributed by atoms with Crippen LogP contribution in [0, 0.1) is 0 Å². The van der Waals surface area contributed by atoms with Crippen LogP contribution in [0.5, 0.6) is 5.88 Å². The summed E-state index contributed by atoms with van der Waals surface area (Å²) in [5.41, 5.74) is 6.51. The van der Waals surface area contributed by atoms with E-state index in [2.05, 4.69) is 34.2 Å². The van der Waals surface area contributed by atoms with E-state index in [1.807, 2.05) is 13.8 Å². The molecule has 0 radical (unpaired) electrons. The lowest BCUT2D eigenvalue weighted by molar-refractivity contribution is 0.234. The van der Waals surface area contributed by atoms with Crippen molar-refractivity contribution in [3.8, 4) is 5.88 Å². The first-order valence-corrected chi connectivity index (χ1v) is 7.22. The van der Waals surface area contributed by atoms with Gasteiger partial charge in [0.25, 0.3) is 0 Å². The predicted octanol–water partition coefficient (Wildman–Crippen LogP) is 1.74. The minimum absolute atomic E-state index is 0.0416. The van der Waals surface area contributed by atoms with Crippen molar-refractivity contribution < 1.29 is 4.74 Å². The minimum atomic E-state index is 0.0416. The second kappa shape index (κ2) is 6.26. The van der Waals surface area contributed by atoms with E-state index in [0.29, 0.717) is 23.4 Å². The maximum Gasteiger partial charge on any atom is 0.242 e. The van der Waals surface area contributed by atoms with Crippen LogP contribution in [0.1, 0.15) is 33.6 Å². The van der Waals surface area contributed by atoms with Gasteiger partial charge in [-0.15, -0.1) is 0 Å². The largest absolute Gasteiger partial charge is 0.473 e. The van der Waals surface area contributed by atoms with Crippen LogP contribution in [0.25, 0.3) is 0 Å². The van der Waals surface area contributed by atoms with Gasteiger partial charge < -0.3 is 15.8 Å². The molecule has 1 aromatic rings. The number of aromatic nitrogens is 2. The fourth-order valence-corrected chi connectivity index (χ4v) is 2.07. The smallest absolute Gasteiger partial charge is 0.242 e. The van der Waals surface area contributed by atoms with Crippen LogP contribution < -0.4 is 15.8 Å². The Hall–Kier alpha value is -1.56. The maximum atomic E-state index is 6.04. The molecule has 6 nitrogen and oxygen atoms in total. The van der Waals surface area contributed by atoms with Crippen molar-refractivity contribution in [3.05, 3.63) is 6.33 Å². The van der Waals surface area contributed by atoms with E-state index < -0.39 is 0 Å². The van der Waals surface area contributed by atoms with E-state index >= 15 is 0 Å². The molecule has 1 saturated carbocycles. The third-order valence-electron chi connectivity index (χ3n) is 3.58. The Morgan fingerprint density at radius 1 is 1.40 bits per heavy atom. The van der Waals surface area contributed by atoms with E-state index in [-0.39, 0.29) is 6.10 Å². The molecule has 1 atom stereocenters. The summed E-state index contributed by atoms with van der Waals surface area (Å²) < 4.78 is 5.56. The number of nitrogens with two attached hydrogens (primary N) is 1. The number of nitrogens with zero attached hydrogens (tertiary/aromatic N) is 3. The molecule has 0 aromatic carbocycles. The average molecular weight is 279 g/mol. The molecular weight excluding hydrogens is 254 g/mol. The summed E-state index contributed by atoms with van der Waals surface area (Å²) in [6, 6.07) is 1.18. The van der Waals surface area contributed by atoms with Gasteiger partial charge in [-0.2, -0.15) is 4.98 Å². The van der Waals surface area contributed by atoms with Crippen molar-refractivity contribution in [2.45, 2.75) is 51.8 Å². The van der Waals surface area contributed by atoms with Crippen molar-refractivity contribution in [2.75, 3.05) is 24.6 Å². The summed E-state index contributed by atoms with van der Waals surface area (Å²) in [7, 11) is 2.17. The van der Waals surface area contributed by atoms with Gasteiger partial charge in [-0.25, -0.2) is 4.98 Å². The van der Waals surface area contributed by atoms with Crippen LogP contribution in [0.4, 0.5) is 11.5 Å². The van der Waals surface area contributed by atoms with E-state index in [1.54, 1.807) is 0 Å². The average Bonchev–Trinajstić information content (AvgIpc) is 3.22. The zero-order chi connectivity index (χ0) is 14.7.